The van der Waals surface area contributed by atoms with Gasteiger partial charge in [0.1, 0.15) is 4.90 Å². The molecule has 8 nitrogen and oxygen atoms in total. The normalized spacial score (nSPS) is 16.4. The second-order valence-electron chi connectivity index (χ2n) is 9.53. The van der Waals surface area contributed by atoms with E-state index in [1.54, 1.807) is 24.3 Å². The summed E-state index contributed by atoms with van der Waals surface area (Å²) < 4.78 is 30.8. The van der Waals surface area contributed by atoms with Crippen molar-refractivity contribution in [3.05, 3.63) is 75.9 Å². The van der Waals surface area contributed by atoms with Gasteiger partial charge in [-0.3, -0.25) is 4.79 Å². The van der Waals surface area contributed by atoms with Gasteiger partial charge in [-0.1, -0.05) is 35.9 Å². The molecule has 0 radical (unpaired) electrons. The molecule has 2 aliphatic heterocycles. The third kappa shape index (κ3) is 5.54. The number of carbonyl (C=O) groups is 1. The van der Waals surface area contributed by atoms with Crippen LogP contribution in [0, 0.1) is 6.92 Å². The number of fused-ring (bicyclic) bond motifs is 1. The topological polar surface area (TPSA) is 101 Å². The lowest BCUT2D eigenvalue weighted by Crippen LogP contribution is -2.31. The number of ether oxygens (including phenoxy) is 1. The molecule has 0 saturated heterocycles. The van der Waals surface area contributed by atoms with Crippen molar-refractivity contribution in [1.29, 1.82) is 0 Å². The highest BCUT2D eigenvalue weighted by molar-refractivity contribution is 7.91. The fraction of sp³-hybridized carbons (Fsp3) is 0.321. The van der Waals surface area contributed by atoms with Crippen LogP contribution >= 0.6 is 11.6 Å². The van der Waals surface area contributed by atoms with Gasteiger partial charge < -0.3 is 15.0 Å². The largest absolute Gasteiger partial charge is 0.469 e. The van der Waals surface area contributed by atoms with Crippen LogP contribution in [0.4, 0.5) is 17.5 Å². The van der Waals surface area contributed by atoms with E-state index in [1.165, 1.54) is 18.2 Å². The molecule has 0 fully saturated rings. The number of aryl methyl sites for hydroxylation is 2. The summed E-state index contributed by atoms with van der Waals surface area (Å²) in [6.07, 6.45) is 4.26. The molecule has 0 amide bonds. The Bertz CT molecular complexity index is 1520. The minimum Gasteiger partial charge on any atom is -0.469 e. The fourth-order valence-electron chi connectivity index (χ4n) is 4.90. The van der Waals surface area contributed by atoms with Crippen LogP contribution in [0.5, 0.6) is 0 Å². The molecule has 0 bridgehead atoms. The molecule has 2 aromatic carbocycles. The Kier molecular flexibility index (Phi) is 7.40. The molecular weight excluding hydrogens is 524 g/mol. The molecule has 0 saturated carbocycles. The average Bonchev–Trinajstić information content (AvgIpc) is 2.89. The first-order chi connectivity index (χ1) is 18.2. The predicted molar refractivity (Wildman–Crippen MR) is 149 cm³/mol. The van der Waals surface area contributed by atoms with E-state index in [1.807, 2.05) is 12.1 Å². The number of hydrogen-bond donors (Lipinski definition) is 1. The first-order valence-corrected chi connectivity index (χ1v) is 14.5. The molecule has 1 aromatic heterocycles. The first-order valence-electron chi connectivity index (χ1n) is 12.5. The molecule has 1 N–H and O–H groups in total. The minimum absolute atomic E-state index is 0.0751. The lowest BCUT2D eigenvalue weighted by Gasteiger charge is -2.29. The number of nitrogens with zero attached hydrogens (tertiary/aromatic N) is 3. The highest BCUT2D eigenvalue weighted by atomic mass is 35.5. The summed E-state index contributed by atoms with van der Waals surface area (Å²) >= 11 is 6.13. The molecule has 0 unspecified atom stereocenters. The van der Waals surface area contributed by atoms with Crippen molar-refractivity contribution in [1.82, 2.24) is 9.97 Å². The highest BCUT2D eigenvalue weighted by Crippen LogP contribution is 2.34. The number of benzene rings is 2. The van der Waals surface area contributed by atoms with Gasteiger partial charge in [0, 0.05) is 23.8 Å². The molecular formula is C28H29ClN4O4S. The first kappa shape index (κ1) is 26.2. The van der Waals surface area contributed by atoms with Crippen molar-refractivity contribution in [3.63, 3.8) is 0 Å². The van der Waals surface area contributed by atoms with Crippen molar-refractivity contribution in [2.24, 2.45) is 0 Å². The molecule has 38 heavy (non-hydrogen) atoms. The number of hydrogen-bond acceptors (Lipinski definition) is 8. The minimum atomic E-state index is -3.51. The summed E-state index contributed by atoms with van der Waals surface area (Å²) in [4.78, 5) is 23.3. The van der Waals surface area contributed by atoms with Crippen LogP contribution in [-0.2, 0) is 32.2 Å². The van der Waals surface area contributed by atoms with Crippen LogP contribution in [0.1, 0.15) is 35.2 Å². The number of aromatic nitrogens is 2. The molecule has 198 valence electrons. The van der Waals surface area contributed by atoms with E-state index in [9.17, 15) is 13.2 Å². The van der Waals surface area contributed by atoms with Crippen LogP contribution in [0.3, 0.4) is 0 Å². The predicted octanol–water partition coefficient (Wildman–Crippen LogP) is 4.91. The third-order valence-electron chi connectivity index (χ3n) is 6.88. The van der Waals surface area contributed by atoms with Crippen molar-refractivity contribution in [2.45, 2.75) is 37.5 Å². The van der Waals surface area contributed by atoms with Crippen LogP contribution < -0.4 is 10.2 Å². The van der Waals surface area contributed by atoms with E-state index in [0.717, 1.165) is 22.6 Å². The summed E-state index contributed by atoms with van der Waals surface area (Å²) in [5.74, 6) is 0.546. The Morgan fingerprint density at radius 3 is 2.61 bits per heavy atom. The lowest BCUT2D eigenvalue weighted by molar-refractivity contribution is -0.139. The summed E-state index contributed by atoms with van der Waals surface area (Å²) in [6.45, 7) is 3.38. The van der Waals surface area contributed by atoms with Crippen LogP contribution in [0.15, 0.2) is 53.4 Å². The van der Waals surface area contributed by atoms with Crippen molar-refractivity contribution >= 4 is 50.4 Å². The van der Waals surface area contributed by atoms with Gasteiger partial charge in [-0.05, 0) is 72.7 Å². The van der Waals surface area contributed by atoms with E-state index in [0.29, 0.717) is 43.3 Å². The van der Waals surface area contributed by atoms with E-state index in [2.05, 4.69) is 29.3 Å². The monoisotopic (exact) mass is 552 g/mol. The van der Waals surface area contributed by atoms with E-state index >= 15 is 0 Å². The second kappa shape index (κ2) is 10.7. The molecule has 3 heterocycles. The number of sulfone groups is 1. The fourth-order valence-corrected chi connectivity index (χ4v) is 6.76. The number of anilines is 3. The Morgan fingerprint density at radius 1 is 1.13 bits per heavy atom. The molecule has 0 spiro atoms. The second-order valence-corrected chi connectivity index (χ2v) is 12.0. The van der Waals surface area contributed by atoms with E-state index in [-0.39, 0.29) is 28.9 Å². The number of halogens is 1. The van der Waals surface area contributed by atoms with Gasteiger partial charge in [-0.2, -0.15) is 4.98 Å². The van der Waals surface area contributed by atoms with Gasteiger partial charge in [0.15, 0.2) is 15.7 Å². The van der Waals surface area contributed by atoms with Gasteiger partial charge in [0.05, 0.1) is 25.0 Å². The zero-order valence-electron chi connectivity index (χ0n) is 21.3. The van der Waals surface area contributed by atoms with E-state index in [4.69, 9.17) is 26.3 Å². The van der Waals surface area contributed by atoms with Crippen molar-refractivity contribution in [2.75, 3.05) is 36.2 Å². The highest BCUT2D eigenvalue weighted by Gasteiger charge is 2.31. The maximum absolute atomic E-state index is 13.0. The van der Waals surface area contributed by atoms with Gasteiger partial charge in [0.25, 0.3) is 0 Å². The Labute approximate surface area is 227 Å². The van der Waals surface area contributed by atoms with Gasteiger partial charge in [-0.25, -0.2) is 13.4 Å². The molecule has 10 heteroatoms. The lowest BCUT2D eigenvalue weighted by atomic mass is 9.96. The number of carbonyl (C=O) groups excluding carboxylic acids is 1. The Hall–Kier alpha value is -3.43. The molecule has 3 aromatic rings. The van der Waals surface area contributed by atoms with Gasteiger partial charge in [0.2, 0.25) is 5.95 Å². The molecule has 2 aliphatic rings. The van der Waals surface area contributed by atoms with Crippen LogP contribution in [-0.4, -0.2) is 50.3 Å². The summed E-state index contributed by atoms with van der Waals surface area (Å²) in [5, 5.41) is 3.93. The van der Waals surface area contributed by atoms with Gasteiger partial charge in [-0.15, -0.1) is 0 Å². The SMILES string of the molecule is COC(=O)Cc1ccc(Nc2nc(N3CC=C(c4ccc(Cl)cc4C)CC3)nc3c2S(=O)(=O)CCC3)cc1. The third-order valence-corrected chi connectivity index (χ3v) is 8.99. The molecule has 0 atom stereocenters. The zero-order valence-corrected chi connectivity index (χ0v) is 22.9. The summed E-state index contributed by atoms with van der Waals surface area (Å²) in [6, 6.07) is 13.1. The van der Waals surface area contributed by atoms with Gasteiger partial charge >= 0.3 is 5.97 Å². The number of methoxy groups -OCH3 is 1. The molecule has 5 rings (SSSR count). The maximum Gasteiger partial charge on any atom is 0.309 e. The zero-order chi connectivity index (χ0) is 26.9. The van der Waals surface area contributed by atoms with E-state index < -0.39 is 9.84 Å². The average molecular weight is 553 g/mol. The number of nitrogens with one attached hydrogen (secondary N) is 1. The number of esters is 1. The standard InChI is InChI=1S/C28H29ClN4O4S/c1-18-16-21(29)7-10-23(18)20-11-13-33(14-12-20)28-31-24-4-3-15-38(35,36)26(24)27(32-28)30-22-8-5-19(6-9-22)17-25(34)37-2/h5-11,16H,3-4,12-15,17H2,1-2H3,(H,30,31,32). The quantitative estimate of drug-likeness (QED) is 0.430. The maximum atomic E-state index is 13.0. The summed E-state index contributed by atoms with van der Waals surface area (Å²) in [7, 11) is -2.16. The number of rotatable bonds is 6. The Balaban J connectivity index is 1.44. The smallest absolute Gasteiger partial charge is 0.309 e. The Morgan fingerprint density at radius 2 is 1.92 bits per heavy atom. The van der Waals surface area contributed by atoms with Crippen molar-refractivity contribution in [3.8, 4) is 0 Å². The summed E-state index contributed by atoms with van der Waals surface area (Å²) in [5.41, 5.74) is 5.59. The molecule has 0 aliphatic carbocycles. The van der Waals surface area contributed by atoms with Crippen molar-refractivity contribution < 1.29 is 17.9 Å². The van der Waals surface area contributed by atoms with Crippen LogP contribution in [0.2, 0.25) is 5.02 Å². The van der Waals surface area contributed by atoms with Crippen LogP contribution in [0.25, 0.3) is 5.57 Å².